The Bertz CT molecular complexity index is 1210. The Labute approximate surface area is 243 Å². The number of carbonyl (C=O) groups is 1. The topological polar surface area (TPSA) is 111 Å². The molecule has 0 aliphatic carbocycles. The van der Waals surface area contributed by atoms with Crippen molar-refractivity contribution in [2.75, 3.05) is 37.7 Å². The third-order valence-electron chi connectivity index (χ3n) is 6.81. The average Bonchev–Trinajstić information content (AvgIpc) is 2.96. The molecule has 0 aliphatic heterocycles. The molecule has 3 aromatic carbocycles. The summed E-state index contributed by atoms with van der Waals surface area (Å²) in [6, 6.07) is 20.6. The molecule has 41 heavy (non-hydrogen) atoms. The summed E-state index contributed by atoms with van der Waals surface area (Å²) in [7, 11) is 0. The fourth-order valence-electron chi connectivity index (χ4n) is 4.36. The summed E-state index contributed by atoms with van der Waals surface area (Å²) in [5.74, 6) is 1.37. The number of benzene rings is 3. The van der Waals surface area contributed by atoms with Crippen LogP contribution in [0, 0.1) is 5.92 Å². The summed E-state index contributed by atoms with van der Waals surface area (Å²) in [6.07, 6.45) is 1.02. The van der Waals surface area contributed by atoms with Gasteiger partial charge in [0.1, 0.15) is 18.1 Å². The predicted octanol–water partition coefficient (Wildman–Crippen LogP) is 4.74. The number of hydrogen-bond donors (Lipinski definition) is 4. The second-order valence-electron chi connectivity index (χ2n) is 10.6. The molecule has 0 bridgehead atoms. The van der Waals surface area contributed by atoms with Crippen molar-refractivity contribution in [1.29, 1.82) is 0 Å². The fourth-order valence-corrected chi connectivity index (χ4v) is 4.36. The number of anilines is 1. The Kier molecular flexibility index (Phi) is 13.1. The van der Waals surface area contributed by atoms with E-state index in [0.29, 0.717) is 56.5 Å². The van der Waals surface area contributed by atoms with Gasteiger partial charge in [0, 0.05) is 31.3 Å². The van der Waals surface area contributed by atoms with Crippen LogP contribution < -0.4 is 15.0 Å². The van der Waals surface area contributed by atoms with Crippen LogP contribution in [0.2, 0.25) is 0 Å². The Morgan fingerprint density at radius 2 is 1.78 bits per heavy atom. The van der Waals surface area contributed by atoms with Crippen LogP contribution >= 0.6 is 0 Å². The molecule has 0 spiro atoms. The van der Waals surface area contributed by atoms with Gasteiger partial charge in [0.15, 0.2) is 0 Å². The minimum atomic E-state index is -0.729. The third kappa shape index (κ3) is 10.8. The summed E-state index contributed by atoms with van der Waals surface area (Å²) in [5, 5.41) is 32.6. The van der Waals surface area contributed by atoms with E-state index in [0.717, 1.165) is 35.4 Å². The Morgan fingerprint density at radius 3 is 2.49 bits per heavy atom. The lowest BCUT2D eigenvalue weighted by atomic mass is 10.1. The highest BCUT2D eigenvalue weighted by Gasteiger charge is 2.13. The van der Waals surface area contributed by atoms with Gasteiger partial charge >= 0.3 is 0 Å². The maximum Gasteiger partial charge on any atom is 0.223 e. The van der Waals surface area contributed by atoms with E-state index >= 15 is 0 Å². The van der Waals surface area contributed by atoms with Crippen LogP contribution in [0.4, 0.5) is 5.69 Å². The number of ether oxygens (including phenoxy) is 2. The van der Waals surface area contributed by atoms with E-state index in [2.05, 4.69) is 19.2 Å². The van der Waals surface area contributed by atoms with Crippen LogP contribution in [-0.4, -0.2) is 54.1 Å². The molecule has 3 rings (SSSR count). The highest BCUT2D eigenvalue weighted by atomic mass is 16.5. The summed E-state index contributed by atoms with van der Waals surface area (Å²) in [5.41, 5.74) is 4.11. The molecule has 0 aromatic heterocycles. The SMILES string of the molecule is CC(=O)N(CCC(C)C)c1cccc(COCCOc2ccc(CCNC[C@@H](O)c3ccc(O)c(CO)c3)cc2)c1. The maximum absolute atomic E-state index is 12.1. The lowest BCUT2D eigenvalue weighted by Gasteiger charge is -2.22. The number of nitrogens with one attached hydrogen (secondary N) is 1. The summed E-state index contributed by atoms with van der Waals surface area (Å²) in [6.45, 7) is 8.73. The van der Waals surface area contributed by atoms with Gasteiger partial charge in [0.25, 0.3) is 0 Å². The number of amides is 1. The van der Waals surface area contributed by atoms with Gasteiger partial charge in [-0.15, -0.1) is 0 Å². The van der Waals surface area contributed by atoms with E-state index in [1.54, 1.807) is 19.1 Å². The number of hydrogen-bond acceptors (Lipinski definition) is 7. The van der Waals surface area contributed by atoms with Crippen LogP contribution in [0.3, 0.4) is 0 Å². The molecule has 3 aromatic rings. The van der Waals surface area contributed by atoms with Gasteiger partial charge < -0.3 is 35.0 Å². The minimum Gasteiger partial charge on any atom is -0.508 e. The first-order chi connectivity index (χ1) is 19.8. The number of aliphatic hydroxyl groups excluding tert-OH is 2. The molecule has 0 aliphatic rings. The second-order valence-corrected chi connectivity index (χ2v) is 10.6. The summed E-state index contributed by atoms with van der Waals surface area (Å²) in [4.78, 5) is 14.0. The van der Waals surface area contributed by atoms with Crippen molar-refractivity contribution < 1.29 is 29.6 Å². The fraction of sp³-hybridized carbons (Fsp3) is 0.424. The Balaban J connectivity index is 1.34. The molecule has 1 atom stereocenters. The van der Waals surface area contributed by atoms with E-state index < -0.39 is 6.10 Å². The van der Waals surface area contributed by atoms with Gasteiger partial charge in [-0.1, -0.05) is 44.2 Å². The van der Waals surface area contributed by atoms with Crippen molar-refractivity contribution >= 4 is 11.6 Å². The number of aliphatic hydroxyl groups is 2. The first-order valence-electron chi connectivity index (χ1n) is 14.2. The Morgan fingerprint density at radius 1 is 1.00 bits per heavy atom. The normalized spacial score (nSPS) is 12.0. The molecular weight excluding hydrogens is 520 g/mol. The molecule has 0 saturated carbocycles. The predicted molar refractivity (Wildman–Crippen MR) is 161 cm³/mol. The molecule has 4 N–H and O–H groups in total. The van der Waals surface area contributed by atoms with Crippen molar-refractivity contribution in [2.45, 2.75) is 52.9 Å². The first-order valence-corrected chi connectivity index (χ1v) is 14.2. The zero-order valence-electron chi connectivity index (χ0n) is 24.4. The number of rotatable bonds is 17. The maximum atomic E-state index is 12.1. The van der Waals surface area contributed by atoms with Crippen molar-refractivity contribution in [2.24, 2.45) is 5.92 Å². The molecule has 1 amide bonds. The lowest BCUT2D eigenvalue weighted by molar-refractivity contribution is -0.116. The van der Waals surface area contributed by atoms with Gasteiger partial charge in [0.2, 0.25) is 5.91 Å². The second kappa shape index (κ2) is 16.7. The van der Waals surface area contributed by atoms with Crippen LogP contribution in [0.5, 0.6) is 11.5 Å². The van der Waals surface area contributed by atoms with E-state index in [1.165, 1.54) is 6.07 Å². The lowest BCUT2D eigenvalue weighted by Crippen LogP contribution is -2.30. The van der Waals surface area contributed by atoms with Crippen LogP contribution in [0.25, 0.3) is 0 Å². The molecule has 222 valence electrons. The zero-order chi connectivity index (χ0) is 29.6. The van der Waals surface area contributed by atoms with Crippen molar-refractivity contribution in [3.8, 4) is 11.5 Å². The standard InChI is InChI=1S/C33H44N2O6/c1-24(2)14-16-35(25(3)37)30-6-4-5-27(19-30)23-40-17-18-41-31-10-7-26(8-11-31)13-15-34-21-33(39)28-9-12-32(38)29(20-28)22-36/h4-12,19-20,24,33-34,36,38-39H,13-18,21-23H2,1-3H3/t33-/m1/s1. The smallest absolute Gasteiger partial charge is 0.223 e. The van der Waals surface area contributed by atoms with Crippen LogP contribution in [-0.2, 0) is 29.2 Å². The number of nitrogens with zero attached hydrogens (tertiary/aromatic N) is 1. The zero-order valence-corrected chi connectivity index (χ0v) is 24.4. The van der Waals surface area contributed by atoms with Crippen molar-refractivity contribution in [3.63, 3.8) is 0 Å². The van der Waals surface area contributed by atoms with Crippen LogP contribution in [0.15, 0.2) is 66.7 Å². The van der Waals surface area contributed by atoms with Crippen molar-refractivity contribution in [3.05, 3.63) is 89.0 Å². The van der Waals surface area contributed by atoms with E-state index in [1.807, 2.05) is 53.4 Å². The molecule has 8 nitrogen and oxygen atoms in total. The molecule has 8 heteroatoms. The highest BCUT2D eigenvalue weighted by Crippen LogP contribution is 2.22. The van der Waals surface area contributed by atoms with E-state index in [4.69, 9.17) is 9.47 Å². The van der Waals surface area contributed by atoms with Gasteiger partial charge in [-0.3, -0.25) is 4.79 Å². The van der Waals surface area contributed by atoms with Gasteiger partial charge in [0.05, 0.1) is 25.9 Å². The first kappa shape index (κ1) is 32.1. The van der Waals surface area contributed by atoms with Crippen LogP contribution in [0.1, 0.15) is 55.5 Å². The highest BCUT2D eigenvalue weighted by molar-refractivity contribution is 5.91. The molecular formula is C33H44N2O6. The molecule has 0 fully saturated rings. The van der Waals surface area contributed by atoms with Crippen molar-refractivity contribution in [1.82, 2.24) is 5.32 Å². The number of phenols is 1. The quantitative estimate of drug-likeness (QED) is 0.175. The van der Waals surface area contributed by atoms with E-state index in [-0.39, 0.29) is 18.3 Å². The monoisotopic (exact) mass is 564 g/mol. The summed E-state index contributed by atoms with van der Waals surface area (Å²) < 4.78 is 11.6. The number of aromatic hydroxyl groups is 1. The van der Waals surface area contributed by atoms with Gasteiger partial charge in [-0.05, 0) is 78.4 Å². The minimum absolute atomic E-state index is 0.0214. The largest absolute Gasteiger partial charge is 0.508 e. The Hall–Kier alpha value is -3.43. The molecule has 0 heterocycles. The van der Waals surface area contributed by atoms with E-state index in [9.17, 15) is 20.1 Å². The van der Waals surface area contributed by atoms with Gasteiger partial charge in [-0.2, -0.15) is 0 Å². The summed E-state index contributed by atoms with van der Waals surface area (Å²) >= 11 is 0. The third-order valence-corrected chi connectivity index (χ3v) is 6.81. The molecule has 0 saturated heterocycles. The average molecular weight is 565 g/mol. The molecule has 0 radical (unpaired) electrons. The number of carbonyl (C=O) groups excluding carboxylic acids is 1. The molecule has 0 unspecified atom stereocenters. The van der Waals surface area contributed by atoms with Gasteiger partial charge in [-0.25, -0.2) is 0 Å².